The van der Waals surface area contributed by atoms with Crippen molar-refractivity contribution in [3.8, 4) is 17.1 Å². The lowest BCUT2D eigenvalue weighted by Gasteiger charge is -2.29. The highest BCUT2D eigenvalue weighted by Crippen LogP contribution is 2.42. The largest absolute Gasteiger partial charge is 0.478 e. The molecule has 0 radical (unpaired) electrons. The second kappa shape index (κ2) is 16.0. The van der Waals surface area contributed by atoms with E-state index in [1.807, 2.05) is 45.9 Å². The Morgan fingerprint density at radius 2 is 1.74 bits per heavy atom. The van der Waals surface area contributed by atoms with Crippen LogP contribution < -0.4 is 14.8 Å². The molecule has 1 saturated heterocycles. The Labute approximate surface area is 329 Å². The third-order valence-corrected chi connectivity index (χ3v) is 11.5. The number of sulfonamides is 1. The van der Waals surface area contributed by atoms with E-state index in [1.54, 1.807) is 19.3 Å². The van der Waals surface area contributed by atoms with Crippen molar-refractivity contribution in [1.29, 1.82) is 0 Å². The molecule has 0 spiro atoms. The topological polar surface area (TPSA) is 170 Å². The lowest BCUT2D eigenvalue weighted by molar-refractivity contribution is -0.181. The number of fused-ring (bicyclic) bond motifs is 1. The number of carboxylic acids is 1. The molecule has 1 fully saturated rings. The molecule has 1 aliphatic heterocycles. The summed E-state index contributed by atoms with van der Waals surface area (Å²) in [5.74, 6) is -1.50. The van der Waals surface area contributed by atoms with Crippen LogP contribution in [-0.2, 0) is 27.2 Å². The molecule has 6 rings (SSSR count). The number of carbonyl (C=O) groups is 1. The number of rotatable bonds is 12. The summed E-state index contributed by atoms with van der Waals surface area (Å²) >= 11 is 0. The average molecular weight is 810 g/mol. The lowest BCUT2D eigenvalue weighted by Crippen LogP contribution is -2.46. The molecule has 17 heteroatoms. The van der Waals surface area contributed by atoms with Crippen molar-refractivity contribution in [2.24, 2.45) is 7.05 Å². The van der Waals surface area contributed by atoms with Crippen molar-refractivity contribution in [2.75, 3.05) is 11.3 Å². The third-order valence-electron chi connectivity index (χ3n) is 10.2. The number of aryl methyl sites for hydroxylation is 3. The predicted molar refractivity (Wildman–Crippen MR) is 208 cm³/mol. The number of alkyl halides is 3. The molecular formula is C40H46F3N7O6S. The summed E-state index contributed by atoms with van der Waals surface area (Å²) < 4.78 is 85.6. The minimum atomic E-state index is -4.48. The van der Waals surface area contributed by atoms with Gasteiger partial charge in [0, 0.05) is 24.4 Å². The molecule has 5 aromatic rings. The zero-order chi connectivity index (χ0) is 41.4. The second-order valence-corrected chi connectivity index (χ2v) is 16.8. The third kappa shape index (κ3) is 8.89. The Morgan fingerprint density at radius 3 is 2.40 bits per heavy atom. The van der Waals surface area contributed by atoms with Gasteiger partial charge in [0.1, 0.15) is 17.5 Å². The molecule has 1 aliphatic rings. The lowest BCUT2D eigenvalue weighted by atomic mass is 9.88. The zero-order valence-corrected chi connectivity index (χ0v) is 33.5. The molecule has 0 bridgehead atoms. The normalized spacial score (nSPS) is 18.1. The van der Waals surface area contributed by atoms with E-state index in [4.69, 9.17) is 14.5 Å². The summed E-state index contributed by atoms with van der Waals surface area (Å²) in [7, 11) is -2.78. The summed E-state index contributed by atoms with van der Waals surface area (Å²) in [4.78, 5) is 29.6. The van der Waals surface area contributed by atoms with Crippen molar-refractivity contribution in [1.82, 2.24) is 29.8 Å². The first kappa shape index (κ1) is 41.5. The molecule has 304 valence electrons. The highest BCUT2D eigenvalue weighted by atomic mass is 32.2. The monoisotopic (exact) mass is 809 g/mol. The van der Waals surface area contributed by atoms with E-state index in [9.17, 15) is 31.5 Å². The summed E-state index contributed by atoms with van der Waals surface area (Å²) in [5.41, 5.74) is 1.87. The van der Waals surface area contributed by atoms with Gasteiger partial charge in [-0.1, -0.05) is 24.3 Å². The molecule has 1 unspecified atom stereocenters. The van der Waals surface area contributed by atoms with Crippen molar-refractivity contribution in [3.63, 3.8) is 0 Å². The highest BCUT2D eigenvalue weighted by molar-refractivity contribution is 7.92. The van der Waals surface area contributed by atoms with Crippen molar-refractivity contribution < 1.29 is 41.0 Å². The van der Waals surface area contributed by atoms with Crippen molar-refractivity contribution in [2.45, 2.75) is 102 Å². The minimum Gasteiger partial charge on any atom is -0.478 e. The number of nitrogens with one attached hydrogen (secondary N) is 2. The molecule has 3 aromatic heterocycles. The number of ether oxygens (including phenoxy) is 2. The van der Waals surface area contributed by atoms with Gasteiger partial charge in [-0.2, -0.15) is 18.2 Å². The fraction of sp³-hybridized carbons (Fsp3) is 0.425. The van der Waals surface area contributed by atoms with E-state index < -0.39 is 33.6 Å². The van der Waals surface area contributed by atoms with Crippen LogP contribution in [0.25, 0.3) is 22.4 Å². The zero-order valence-electron chi connectivity index (χ0n) is 32.7. The van der Waals surface area contributed by atoms with Gasteiger partial charge < -0.3 is 24.5 Å². The first-order valence-electron chi connectivity index (χ1n) is 18.5. The quantitative estimate of drug-likeness (QED) is 0.115. The maximum atomic E-state index is 14.0. The van der Waals surface area contributed by atoms with E-state index in [2.05, 4.69) is 25.0 Å². The number of hydrogen-bond acceptors (Lipinski definition) is 10. The van der Waals surface area contributed by atoms with Gasteiger partial charge in [-0.15, -0.1) is 0 Å². The van der Waals surface area contributed by atoms with Crippen LogP contribution in [0.3, 0.4) is 0 Å². The number of aromatic carboxylic acids is 1. The van der Waals surface area contributed by atoms with Gasteiger partial charge in [-0.3, -0.25) is 4.98 Å². The van der Waals surface area contributed by atoms with Gasteiger partial charge in [0.2, 0.25) is 11.8 Å². The van der Waals surface area contributed by atoms with E-state index >= 15 is 0 Å². The second-order valence-electron chi connectivity index (χ2n) is 15.1. The Morgan fingerprint density at radius 1 is 1.04 bits per heavy atom. The van der Waals surface area contributed by atoms with Gasteiger partial charge in [0.05, 0.1) is 52.3 Å². The van der Waals surface area contributed by atoms with Crippen LogP contribution in [0.2, 0.25) is 0 Å². The molecule has 2 aromatic carbocycles. The average Bonchev–Trinajstić information content (AvgIpc) is 3.34. The van der Waals surface area contributed by atoms with E-state index in [-0.39, 0.29) is 52.8 Å². The Balaban J connectivity index is 1.33. The maximum absolute atomic E-state index is 14.0. The van der Waals surface area contributed by atoms with Gasteiger partial charge in [-0.05, 0) is 96.2 Å². The van der Waals surface area contributed by atoms with E-state index in [0.29, 0.717) is 35.4 Å². The van der Waals surface area contributed by atoms with Crippen LogP contribution in [0.5, 0.6) is 5.88 Å². The predicted octanol–water partition coefficient (Wildman–Crippen LogP) is 7.44. The standard InChI is InChI=1S/C40H46F3N7O6S/c1-22(2)56-32-16-10-15-27(30-20-44-29-18-33(50(7)36(29)46-30)39(5,6)40(41,42)43)45-31(32)21-55-34-19-28(35-23(3)11-8-12-24(35)4)47-38(48-34)49-57(53,54)26-14-9-13-25(17-26)37(51)52/h8-9,11-14,17-20,22,27,31-32,45H,10,15-16,21H2,1-7H3,(H,51,52)(H,47,48,49)/t27?,31-,32+/m0/s1. The molecule has 3 atom stereocenters. The van der Waals surface area contributed by atoms with Crippen LogP contribution >= 0.6 is 0 Å². The molecular weight excluding hydrogens is 764 g/mol. The van der Waals surface area contributed by atoms with Crippen molar-refractivity contribution >= 4 is 33.1 Å². The van der Waals surface area contributed by atoms with Crippen LogP contribution in [-0.4, -0.2) is 75.0 Å². The molecule has 0 saturated carbocycles. The molecule has 0 aliphatic carbocycles. The number of carboxylic acid groups (broad SMARTS) is 1. The SMILES string of the molecule is Cc1cccc(C)c1-c1cc(OC[C@@H]2NC(c3cnc4cc(C(C)(C)C(F)(F)F)n(C)c4n3)CCC[C@H]2OC(C)C)nc(NS(=O)(=O)c2cccc(C(=O)O)c2)n1. The summed E-state index contributed by atoms with van der Waals surface area (Å²) in [5, 5.41) is 13.1. The smallest absolute Gasteiger partial charge is 0.399 e. The minimum absolute atomic E-state index is 0.0215. The number of anilines is 1. The van der Waals surface area contributed by atoms with E-state index in [1.165, 1.54) is 28.8 Å². The highest BCUT2D eigenvalue weighted by Gasteiger charge is 2.50. The van der Waals surface area contributed by atoms with Crippen LogP contribution in [0.1, 0.15) is 85.9 Å². The number of halogens is 3. The maximum Gasteiger partial charge on any atom is 0.399 e. The Kier molecular flexibility index (Phi) is 11.7. The van der Waals surface area contributed by atoms with Gasteiger partial charge in [0.25, 0.3) is 10.0 Å². The van der Waals surface area contributed by atoms with Gasteiger partial charge in [0.15, 0.2) is 5.65 Å². The van der Waals surface area contributed by atoms with Gasteiger partial charge >= 0.3 is 12.1 Å². The fourth-order valence-corrected chi connectivity index (χ4v) is 8.11. The molecule has 4 heterocycles. The Bertz CT molecular complexity index is 2380. The molecule has 3 N–H and O–H groups in total. The summed E-state index contributed by atoms with van der Waals surface area (Å²) in [6, 6.07) is 12.9. The van der Waals surface area contributed by atoms with Crippen LogP contribution in [0, 0.1) is 13.8 Å². The van der Waals surface area contributed by atoms with Gasteiger partial charge in [-0.25, -0.2) is 27.9 Å². The van der Waals surface area contributed by atoms with Crippen LogP contribution in [0.4, 0.5) is 19.1 Å². The molecule has 13 nitrogen and oxygen atoms in total. The fourth-order valence-electron chi connectivity index (χ4n) is 7.12. The van der Waals surface area contributed by atoms with Crippen molar-refractivity contribution in [3.05, 3.63) is 88.9 Å². The first-order chi connectivity index (χ1) is 26.7. The molecule has 57 heavy (non-hydrogen) atoms. The number of hydrogen-bond donors (Lipinski definition) is 3. The summed E-state index contributed by atoms with van der Waals surface area (Å²) in [6.45, 7) is 9.97. The van der Waals surface area contributed by atoms with Crippen LogP contribution in [0.15, 0.2) is 65.7 Å². The number of nitrogens with zero attached hydrogens (tertiary/aromatic N) is 5. The van der Waals surface area contributed by atoms with E-state index in [0.717, 1.165) is 43.0 Å². The Hall–Kier alpha value is -5.13. The number of aromatic nitrogens is 5. The first-order valence-corrected chi connectivity index (χ1v) is 20.0. The molecule has 0 amide bonds. The number of benzene rings is 2. The summed E-state index contributed by atoms with van der Waals surface area (Å²) in [6.07, 6.45) is -1.30.